The molecule has 0 amide bonds. The first-order valence-corrected chi connectivity index (χ1v) is 10.8. The molecule has 1 unspecified atom stereocenters. The monoisotopic (exact) mass is 474 g/mol. The van der Waals surface area contributed by atoms with E-state index in [1.165, 1.54) is 33.0 Å². The van der Waals surface area contributed by atoms with Gasteiger partial charge in [-0.05, 0) is 24.0 Å². The SMILES string of the molecule is CC1=Cc2ccccc2C1c1c(C)[cH-]c2cccc([Si](C)C)c12.[Cl-].[Cl-].[Zr+3]. The summed E-state index contributed by atoms with van der Waals surface area (Å²) in [6, 6.07) is 18.1. The van der Waals surface area contributed by atoms with Crippen LogP contribution in [0.5, 0.6) is 0 Å². The Kier molecular flexibility index (Phi) is 8.24. The standard InChI is InChI=1S/C22H22Si.2ClH.Zr/c1-14-12-16-8-5-6-10-18(16)20(14)21-15(2)13-17-9-7-11-19(22(17)21)23(3)4;;;/h5-13,20H,1-4H3;2*1H;/q-1;;;+3/p-2. The Morgan fingerprint density at radius 2 is 1.62 bits per heavy atom. The summed E-state index contributed by atoms with van der Waals surface area (Å²) in [5.74, 6) is 0.422. The molecular weight excluding hydrogens is 454 g/mol. The first kappa shape index (κ1) is 23.5. The van der Waals surface area contributed by atoms with Crippen LogP contribution in [0.2, 0.25) is 13.1 Å². The molecule has 132 valence electrons. The van der Waals surface area contributed by atoms with Gasteiger partial charge in [0.1, 0.15) is 0 Å². The molecule has 3 aromatic rings. The second-order valence-corrected chi connectivity index (χ2v) is 9.50. The molecule has 26 heavy (non-hydrogen) atoms. The van der Waals surface area contributed by atoms with Crippen LogP contribution in [0.3, 0.4) is 0 Å². The maximum absolute atomic E-state index is 2.40. The van der Waals surface area contributed by atoms with Gasteiger partial charge >= 0.3 is 26.2 Å². The Hall–Kier alpha value is -0.530. The number of rotatable bonds is 2. The van der Waals surface area contributed by atoms with Crippen LogP contribution in [0, 0.1) is 6.92 Å². The second kappa shape index (κ2) is 9.11. The van der Waals surface area contributed by atoms with Crippen molar-refractivity contribution in [3.05, 3.63) is 76.4 Å². The average Bonchev–Trinajstić information content (AvgIpc) is 3.01. The Bertz CT molecular complexity index is 940. The van der Waals surface area contributed by atoms with Crippen molar-refractivity contribution >= 4 is 30.8 Å². The van der Waals surface area contributed by atoms with Crippen LogP contribution in [0.4, 0.5) is 0 Å². The normalized spacial score (nSPS) is 15.0. The van der Waals surface area contributed by atoms with Crippen molar-refractivity contribution in [1.82, 2.24) is 0 Å². The molecule has 0 aliphatic heterocycles. The number of fused-ring (bicyclic) bond motifs is 2. The summed E-state index contributed by atoms with van der Waals surface area (Å²) in [6.07, 6.45) is 2.37. The van der Waals surface area contributed by atoms with Gasteiger partial charge in [-0.25, -0.2) is 0 Å². The Morgan fingerprint density at radius 1 is 0.923 bits per heavy atom. The minimum atomic E-state index is -0.488. The van der Waals surface area contributed by atoms with E-state index in [4.69, 9.17) is 0 Å². The predicted octanol–water partition coefficient (Wildman–Crippen LogP) is -0.617. The zero-order valence-electron chi connectivity index (χ0n) is 15.5. The largest absolute Gasteiger partial charge is 3.00 e. The van der Waals surface area contributed by atoms with Gasteiger partial charge in [0.15, 0.2) is 0 Å². The second-order valence-electron chi connectivity index (χ2n) is 6.96. The van der Waals surface area contributed by atoms with Crippen LogP contribution < -0.4 is 30.0 Å². The number of allylic oxidation sites excluding steroid dienone is 1. The number of halogens is 2. The molecule has 4 rings (SSSR count). The summed E-state index contributed by atoms with van der Waals surface area (Å²) < 4.78 is 0. The Balaban J connectivity index is 0.00000113. The van der Waals surface area contributed by atoms with E-state index in [0.717, 1.165) is 0 Å². The van der Waals surface area contributed by atoms with Crippen LogP contribution in [0.15, 0.2) is 54.1 Å². The number of aryl methyl sites for hydroxylation is 1. The van der Waals surface area contributed by atoms with Gasteiger partial charge in [-0.15, -0.1) is 45.3 Å². The third kappa shape index (κ3) is 3.72. The fourth-order valence-electron chi connectivity index (χ4n) is 4.15. The molecule has 1 atom stereocenters. The molecule has 3 aromatic carbocycles. The molecule has 1 aliphatic carbocycles. The van der Waals surface area contributed by atoms with Gasteiger partial charge in [0.25, 0.3) is 0 Å². The Labute approximate surface area is 190 Å². The summed E-state index contributed by atoms with van der Waals surface area (Å²) in [7, 11) is -0.488. The van der Waals surface area contributed by atoms with Crippen molar-refractivity contribution in [3.63, 3.8) is 0 Å². The zero-order valence-corrected chi connectivity index (χ0v) is 20.5. The molecule has 2 radical (unpaired) electrons. The van der Waals surface area contributed by atoms with E-state index >= 15 is 0 Å². The van der Waals surface area contributed by atoms with E-state index < -0.39 is 8.80 Å². The van der Waals surface area contributed by atoms with Gasteiger partial charge in [-0.1, -0.05) is 62.0 Å². The van der Waals surface area contributed by atoms with Crippen LogP contribution >= 0.6 is 0 Å². The van der Waals surface area contributed by atoms with E-state index in [-0.39, 0.29) is 51.0 Å². The van der Waals surface area contributed by atoms with Crippen molar-refractivity contribution in [3.8, 4) is 0 Å². The number of hydrogen-bond donors (Lipinski definition) is 0. The maximum Gasteiger partial charge on any atom is 3.00 e. The van der Waals surface area contributed by atoms with Crippen LogP contribution in [-0.4, -0.2) is 8.80 Å². The number of benzene rings is 2. The van der Waals surface area contributed by atoms with Crippen LogP contribution in [-0.2, 0) is 26.2 Å². The molecule has 0 saturated carbocycles. The summed E-state index contributed by atoms with van der Waals surface area (Å²) in [5.41, 5.74) is 7.30. The molecule has 0 nitrogen and oxygen atoms in total. The first-order valence-electron chi connectivity index (χ1n) is 8.34. The van der Waals surface area contributed by atoms with Crippen molar-refractivity contribution in [2.24, 2.45) is 0 Å². The van der Waals surface area contributed by atoms with E-state index in [9.17, 15) is 0 Å². The minimum Gasteiger partial charge on any atom is -1.00 e. The summed E-state index contributed by atoms with van der Waals surface area (Å²) in [5, 5.41) is 4.52. The molecule has 4 heteroatoms. The average molecular weight is 477 g/mol. The minimum absolute atomic E-state index is 0. The van der Waals surface area contributed by atoms with Crippen molar-refractivity contribution in [2.45, 2.75) is 32.9 Å². The molecule has 0 aromatic heterocycles. The van der Waals surface area contributed by atoms with Gasteiger partial charge < -0.3 is 24.8 Å². The van der Waals surface area contributed by atoms with Crippen LogP contribution in [0.1, 0.15) is 35.1 Å². The molecular formula is C22H22Cl2SiZr. The maximum atomic E-state index is 2.40. The van der Waals surface area contributed by atoms with Gasteiger partial charge in [0.05, 0.1) is 8.80 Å². The predicted molar refractivity (Wildman–Crippen MR) is 103 cm³/mol. The van der Waals surface area contributed by atoms with E-state index in [0.29, 0.717) is 5.92 Å². The molecule has 0 saturated heterocycles. The van der Waals surface area contributed by atoms with E-state index in [1.807, 2.05) is 0 Å². The zero-order chi connectivity index (χ0) is 16.1. The van der Waals surface area contributed by atoms with Gasteiger partial charge in [-0.3, -0.25) is 0 Å². The van der Waals surface area contributed by atoms with E-state index in [2.05, 4.69) is 81.5 Å². The fraction of sp³-hybridized carbons (Fsp3) is 0.227. The third-order valence-corrected chi connectivity index (χ3v) is 6.63. The fourth-order valence-corrected chi connectivity index (χ4v) is 5.36. The molecule has 0 spiro atoms. The Morgan fingerprint density at radius 3 is 2.31 bits per heavy atom. The summed E-state index contributed by atoms with van der Waals surface area (Å²) in [4.78, 5) is 0. The van der Waals surface area contributed by atoms with Crippen molar-refractivity contribution in [2.75, 3.05) is 0 Å². The molecule has 0 N–H and O–H groups in total. The summed E-state index contributed by atoms with van der Waals surface area (Å²) >= 11 is 0. The molecule has 0 fully saturated rings. The smallest absolute Gasteiger partial charge is 1.00 e. The molecule has 0 heterocycles. The third-order valence-electron chi connectivity index (χ3n) is 5.14. The van der Waals surface area contributed by atoms with Gasteiger partial charge in [0.2, 0.25) is 0 Å². The van der Waals surface area contributed by atoms with Gasteiger partial charge in [0, 0.05) is 0 Å². The summed E-state index contributed by atoms with van der Waals surface area (Å²) in [6.45, 7) is 9.37. The molecule has 1 aliphatic rings. The quantitative estimate of drug-likeness (QED) is 0.342. The first-order chi connectivity index (χ1) is 11.1. The van der Waals surface area contributed by atoms with Crippen molar-refractivity contribution < 1.29 is 51.0 Å². The van der Waals surface area contributed by atoms with Crippen molar-refractivity contribution in [1.29, 1.82) is 0 Å². The topological polar surface area (TPSA) is 0 Å². The van der Waals surface area contributed by atoms with Crippen LogP contribution in [0.25, 0.3) is 16.8 Å². The number of hydrogen-bond acceptors (Lipinski definition) is 0. The molecule has 0 bridgehead atoms. The van der Waals surface area contributed by atoms with Gasteiger partial charge in [-0.2, -0.15) is 0 Å². The van der Waals surface area contributed by atoms with E-state index in [1.54, 1.807) is 10.8 Å².